The van der Waals surface area contributed by atoms with Crippen LogP contribution in [0.1, 0.15) is 32.8 Å². The SMILES string of the molecule is CN=C(NCc1ccc(N2CCOCC2)cc1)N1CCC(NC(=O)OC(C)(C)C)C1. The molecule has 1 atom stereocenters. The van der Waals surface area contributed by atoms with E-state index < -0.39 is 5.60 Å². The number of ether oxygens (including phenoxy) is 2. The summed E-state index contributed by atoms with van der Waals surface area (Å²) < 4.78 is 10.8. The molecule has 2 aliphatic heterocycles. The summed E-state index contributed by atoms with van der Waals surface area (Å²) >= 11 is 0. The lowest BCUT2D eigenvalue weighted by Crippen LogP contribution is -2.44. The molecule has 8 heteroatoms. The third kappa shape index (κ3) is 6.52. The second-order valence-electron chi connectivity index (χ2n) is 8.74. The number of alkyl carbamates (subject to hydrolysis) is 1. The van der Waals surface area contributed by atoms with Gasteiger partial charge in [-0.25, -0.2) is 4.79 Å². The molecule has 0 bridgehead atoms. The fourth-order valence-corrected chi connectivity index (χ4v) is 3.70. The molecule has 0 aliphatic carbocycles. The molecule has 0 radical (unpaired) electrons. The number of anilines is 1. The number of rotatable bonds is 4. The van der Waals surface area contributed by atoms with Crippen molar-refractivity contribution in [1.82, 2.24) is 15.5 Å². The molecule has 8 nitrogen and oxygen atoms in total. The molecule has 1 aromatic rings. The number of carbonyl (C=O) groups excluding carboxylic acids is 1. The summed E-state index contributed by atoms with van der Waals surface area (Å²) in [4.78, 5) is 20.9. The van der Waals surface area contributed by atoms with E-state index in [1.54, 1.807) is 7.05 Å². The molecule has 3 rings (SSSR count). The fraction of sp³-hybridized carbons (Fsp3) is 0.636. The van der Waals surface area contributed by atoms with Gasteiger partial charge in [-0.2, -0.15) is 0 Å². The summed E-state index contributed by atoms with van der Waals surface area (Å²) in [7, 11) is 1.79. The van der Waals surface area contributed by atoms with Gasteiger partial charge in [0.2, 0.25) is 0 Å². The van der Waals surface area contributed by atoms with Crippen molar-refractivity contribution in [2.45, 2.75) is 45.4 Å². The van der Waals surface area contributed by atoms with Crippen molar-refractivity contribution in [1.29, 1.82) is 0 Å². The van der Waals surface area contributed by atoms with E-state index in [9.17, 15) is 4.79 Å². The van der Waals surface area contributed by atoms with Crippen LogP contribution in [0.25, 0.3) is 0 Å². The Bertz CT molecular complexity index is 723. The highest BCUT2D eigenvalue weighted by Gasteiger charge is 2.27. The molecule has 1 aromatic carbocycles. The zero-order valence-electron chi connectivity index (χ0n) is 18.6. The number of hydrogen-bond donors (Lipinski definition) is 2. The van der Waals surface area contributed by atoms with E-state index in [-0.39, 0.29) is 12.1 Å². The van der Waals surface area contributed by atoms with Gasteiger partial charge in [0, 0.05) is 45.5 Å². The third-order valence-electron chi connectivity index (χ3n) is 5.18. The maximum Gasteiger partial charge on any atom is 0.407 e. The number of likely N-dealkylation sites (tertiary alicyclic amines) is 1. The van der Waals surface area contributed by atoms with E-state index >= 15 is 0 Å². The van der Waals surface area contributed by atoms with Gasteiger partial charge in [0.1, 0.15) is 5.60 Å². The Morgan fingerprint density at radius 1 is 1.20 bits per heavy atom. The van der Waals surface area contributed by atoms with Crippen molar-refractivity contribution in [3.8, 4) is 0 Å². The Hall–Kier alpha value is -2.48. The lowest BCUT2D eigenvalue weighted by molar-refractivity contribution is 0.0507. The molecule has 2 fully saturated rings. The quantitative estimate of drug-likeness (QED) is 0.578. The van der Waals surface area contributed by atoms with E-state index in [1.807, 2.05) is 20.8 Å². The van der Waals surface area contributed by atoms with Crippen molar-refractivity contribution in [3.05, 3.63) is 29.8 Å². The van der Waals surface area contributed by atoms with Gasteiger partial charge in [0.25, 0.3) is 0 Å². The van der Waals surface area contributed by atoms with Crippen LogP contribution in [0.3, 0.4) is 0 Å². The van der Waals surface area contributed by atoms with Crippen molar-refractivity contribution >= 4 is 17.7 Å². The number of guanidine groups is 1. The van der Waals surface area contributed by atoms with E-state index in [0.29, 0.717) is 6.54 Å². The average Bonchev–Trinajstić information content (AvgIpc) is 3.16. The molecule has 0 aromatic heterocycles. The second-order valence-corrected chi connectivity index (χ2v) is 8.74. The predicted octanol–water partition coefficient (Wildman–Crippen LogP) is 2.20. The predicted molar refractivity (Wildman–Crippen MR) is 119 cm³/mol. The van der Waals surface area contributed by atoms with Crippen molar-refractivity contribution in [3.63, 3.8) is 0 Å². The van der Waals surface area contributed by atoms with Crippen LogP contribution in [-0.2, 0) is 16.0 Å². The number of aliphatic imine (C=N–C) groups is 1. The minimum atomic E-state index is -0.489. The Balaban J connectivity index is 1.46. The maximum absolute atomic E-state index is 12.0. The first kappa shape index (κ1) is 22.2. The van der Waals surface area contributed by atoms with Gasteiger partial charge >= 0.3 is 6.09 Å². The lowest BCUT2D eigenvalue weighted by atomic mass is 10.2. The topological polar surface area (TPSA) is 78.4 Å². The molecule has 0 saturated carbocycles. The third-order valence-corrected chi connectivity index (χ3v) is 5.18. The average molecular weight is 418 g/mol. The fourth-order valence-electron chi connectivity index (χ4n) is 3.70. The van der Waals surface area contributed by atoms with Gasteiger partial charge in [-0.3, -0.25) is 4.99 Å². The summed E-state index contributed by atoms with van der Waals surface area (Å²) in [6.07, 6.45) is 0.506. The zero-order valence-corrected chi connectivity index (χ0v) is 18.6. The maximum atomic E-state index is 12.0. The second kappa shape index (κ2) is 10.0. The van der Waals surface area contributed by atoms with Gasteiger partial charge in [0.15, 0.2) is 5.96 Å². The molecule has 1 amide bonds. The Morgan fingerprint density at radius 3 is 2.53 bits per heavy atom. The summed E-state index contributed by atoms with van der Waals surface area (Å²) in [5, 5.41) is 6.39. The highest BCUT2D eigenvalue weighted by Crippen LogP contribution is 2.17. The Kier molecular flexibility index (Phi) is 7.42. The highest BCUT2D eigenvalue weighted by molar-refractivity contribution is 5.80. The van der Waals surface area contributed by atoms with Crippen molar-refractivity contribution < 1.29 is 14.3 Å². The number of hydrogen-bond acceptors (Lipinski definition) is 5. The van der Waals surface area contributed by atoms with Crippen molar-refractivity contribution in [2.24, 2.45) is 4.99 Å². The van der Waals surface area contributed by atoms with Crippen LogP contribution >= 0.6 is 0 Å². The molecule has 166 valence electrons. The number of amides is 1. The normalized spacial score (nSPS) is 20.3. The first-order chi connectivity index (χ1) is 14.3. The smallest absolute Gasteiger partial charge is 0.407 e. The number of benzene rings is 1. The monoisotopic (exact) mass is 417 g/mol. The molecule has 30 heavy (non-hydrogen) atoms. The van der Waals surface area contributed by atoms with E-state index in [1.165, 1.54) is 11.3 Å². The summed E-state index contributed by atoms with van der Waals surface area (Å²) in [6.45, 7) is 11.3. The molecule has 0 spiro atoms. The van der Waals surface area contributed by atoms with Crippen LogP contribution in [0, 0.1) is 0 Å². The van der Waals surface area contributed by atoms with E-state index in [0.717, 1.165) is 51.8 Å². The van der Waals surface area contributed by atoms with E-state index in [2.05, 4.69) is 49.7 Å². The summed E-state index contributed by atoms with van der Waals surface area (Å²) in [5.74, 6) is 0.848. The number of nitrogens with zero attached hydrogens (tertiary/aromatic N) is 3. The largest absolute Gasteiger partial charge is 0.444 e. The summed E-state index contributed by atoms with van der Waals surface area (Å²) in [6, 6.07) is 8.71. The molecule has 2 aliphatic rings. The van der Waals surface area contributed by atoms with E-state index in [4.69, 9.17) is 9.47 Å². The minimum absolute atomic E-state index is 0.0613. The molecular formula is C22H35N5O3. The Labute approximate surface area is 179 Å². The van der Waals surface area contributed by atoms with Crippen molar-refractivity contribution in [2.75, 3.05) is 51.3 Å². The van der Waals surface area contributed by atoms with Gasteiger partial charge in [-0.15, -0.1) is 0 Å². The van der Waals surface area contributed by atoms with Gasteiger partial charge in [0.05, 0.1) is 19.3 Å². The number of nitrogens with one attached hydrogen (secondary N) is 2. The Morgan fingerprint density at radius 2 is 1.90 bits per heavy atom. The number of morpholine rings is 1. The van der Waals surface area contributed by atoms with Gasteiger partial charge in [-0.1, -0.05) is 12.1 Å². The first-order valence-corrected chi connectivity index (χ1v) is 10.7. The molecule has 2 saturated heterocycles. The van der Waals surface area contributed by atoms with Crippen LogP contribution < -0.4 is 15.5 Å². The molecule has 2 heterocycles. The summed E-state index contributed by atoms with van der Waals surface area (Å²) in [5.41, 5.74) is 1.95. The minimum Gasteiger partial charge on any atom is -0.444 e. The van der Waals surface area contributed by atoms with Gasteiger partial charge < -0.3 is 29.9 Å². The van der Waals surface area contributed by atoms with Crippen LogP contribution in [0.4, 0.5) is 10.5 Å². The van der Waals surface area contributed by atoms with Crippen LogP contribution in [0.5, 0.6) is 0 Å². The molecule has 1 unspecified atom stereocenters. The zero-order chi connectivity index (χ0) is 21.6. The standard InChI is InChI=1S/C22H35N5O3/c1-22(2,3)30-21(28)25-18-9-10-27(16-18)20(23-4)24-15-17-5-7-19(8-6-17)26-11-13-29-14-12-26/h5-8,18H,9-16H2,1-4H3,(H,23,24)(H,25,28). The first-order valence-electron chi connectivity index (χ1n) is 10.7. The van der Waals surface area contributed by atoms with Crippen LogP contribution in [0.2, 0.25) is 0 Å². The lowest BCUT2D eigenvalue weighted by Gasteiger charge is -2.29. The van der Waals surface area contributed by atoms with Crippen LogP contribution in [0.15, 0.2) is 29.3 Å². The molecule has 2 N–H and O–H groups in total. The highest BCUT2D eigenvalue weighted by atomic mass is 16.6. The van der Waals surface area contributed by atoms with Crippen LogP contribution in [-0.4, -0.2) is 75.0 Å². The van der Waals surface area contributed by atoms with Gasteiger partial charge in [-0.05, 0) is 44.9 Å². The number of carbonyl (C=O) groups is 1. The molecular weight excluding hydrogens is 382 g/mol.